The Hall–Kier alpha value is -1.91. The number of halogens is 1. The Labute approximate surface area is 72.0 Å². The summed E-state index contributed by atoms with van der Waals surface area (Å²) in [6, 6.07) is 5.65. The second-order valence-electron chi connectivity index (χ2n) is 2.44. The van der Waals surface area contributed by atoms with Crippen LogP contribution in [0.3, 0.4) is 0 Å². The van der Waals surface area contributed by atoms with Gasteiger partial charge in [0.1, 0.15) is 5.82 Å². The van der Waals surface area contributed by atoms with Crippen molar-refractivity contribution in [2.75, 3.05) is 0 Å². The number of nitrogens with one attached hydrogen (secondary N) is 1. The highest BCUT2D eigenvalue weighted by Gasteiger charge is 2.05. The predicted octanol–water partition coefficient (Wildman–Crippen LogP) is 1.17. The summed E-state index contributed by atoms with van der Waals surface area (Å²) < 4.78 is 17.4. The van der Waals surface area contributed by atoms with Crippen molar-refractivity contribution in [1.82, 2.24) is 10.1 Å². The van der Waals surface area contributed by atoms with Gasteiger partial charge in [-0.2, -0.15) is 10.1 Å². The van der Waals surface area contributed by atoms with Crippen LogP contribution >= 0.6 is 0 Å². The molecule has 2 rings (SSSR count). The third-order valence-corrected chi connectivity index (χ3v) is 1.51. The molecule has 66 valence electrons. The minimum Gasteiger partial charge on any atom is -0.357 e. The van der Waals surface area contributed by atoms with E-state index in [4.69, 9.17) is 4.52 Å². The number of H-pyrrole nitrogens is 1. The second-order valence-corrected chi connectivity index (χ2v) is 2.44. The summed E-state index contributed by atoms with van der Waals surface area (Å²) in [4.78, 5) is 14.1. The lowest BCUT2D eigenvalue weighted by molar-refractivity contribution is 0.424. The van der Waals surface area contributed by atoms with Gasteiger partial charge in [0, 0.05) is 5.56 Å². The molecule has 0 spiro atoms. The highest BCUT2D eigenvalue weighted by Crippen LogP contribution is 2.15. The minimum atomic E-state index is -0.584. The molecule has 1 N–H and O–H groups in total. The zero-order valence-electron chi connectivity index (χ0n) is 6.45. The molecule has 0 fully saturated rings. The van der Waals surface area contributed by atoms with Crippen LogP contribution in [-0.4, -0.2) is 10.1 Å². The summed E-state index contributed by atoms with van der Waals surface area (Å²) in [5.74, 6) is -0.312. The van der Waals surface area contributed by atoms with Crippen LogP contribution in [0, 0.1) is 5.82 Å². The third-order valence-electron chi connectivity index (χ3n) is 1.51. The largest absolute Gasteiger partial charge is 0.377 e. The maximum atomic E-state index is 12.7. The summed E-state index contributed by atoms with van der Waals surface area (Å²) in [5, 5.41) is 2.02. The number of hydrogen-bond acceptors (Lipinski definition) is 3. The van der Waals surface area contributed by atoms with Crippen LogP contribution in [0.4, 0.5) is 4.39 Å². The van der Waals surface area contributed by atoms with Crippen LogP contribution in [0.5, 0.6) is 0 Å². The van der Waals surface area contributed by atoms with E-state index in [2.05, 4.69) is 4.98 Å². The van der Waals surface area contributed by atoms with Crippen molar-refractivity contribution in [3.63, 3.8) is 0 Å². The third kappa shape index (κ3) is 1.48. The Morgan fingerprint density at radius 1 is 1.46 bits per heavy atom. The molecule has 0 aliphatic heterocycles. The fourth-order valence-electron chi connectivity index (χ4n) is 0.975. The molecule has 0 aliphatic carbocycles. The minimum absolute atomic E-state index is 0.0875. The molecule has 0 unspecified atom stereocenters. The normalized spacial score (nSPS) is 10.2. The van der Waals surface area contributed by atoms with Crippen molar-refractivity contribution < 1.29 is 8.91 Å². The molecule has 1 aromatic heterocycles. The van der Waals surface area contributed by atoms with Gasteiger partial charge in [-0.15, -0.1) is 0 Å². The lowest BCUT2D eigenvalue weighted by Gasteiger charge is -1.92. The first-order chi connectivity index (χ1) is 6.25. The molecule has 2 aromatic rings. The maximum absolute atomic E-state index is 12.7. The molecule has 5 heteroatoms. The topological polar surface area (TPSA) is 58.9 Å². The van der Waals surface area contributed by atoms with Crippen LogP contribution in [0.15, 0.2) is 33.6 Å². The fourth-order valence-corrected chi connectivity index (χ4v) is 0.975. The number of aromatic nitrogens is 2. The number of hydrogen-bond donors (Lipinski definition) is 1. The van der Waals surface area contributed by atoms with E-state index in [9.17, 15) is 9.18 Å². The monoisotopic (exact) mass is 180 g/mol. The molecule has 0 aliphatic rings. The van der Waals surface area contributed by atoms with Gasteiger partial charge in [0.25, 0.3) is 5.89 Å². The van der Waals surface area contributed by atoms with Crippen molar-refractivity contribution >= 4 is 0 Å². The molecule has 0 amide bonds. The maximum Gasteiger partial charge on any atom is 0.377 e. The summed E-state index contributed by atoms with van der Waals surface area (Å²) in [5.41, 5.74) is -0.155. The van der Waals surface area contributed by atoms with Crippen LogP contribution in [0.25, 0.3) is 11.5 Å². The van der Waals surface area contributed by atoms with Gasteiger partial charge in [-0.3, -0.25) is 0 Å². The first-order valence-electron chi connectivity index (χ1n) is 3.57. The summed E-state index contributed by atoms with van der Waals surface area (Å²) in [6.07, 6.45) is 0. The summed E-state index contributed by atoms with van der Waals surface area (Å²) in [6.45, 7) is 0. The molecule has 4 nitrogen and oxygen atoms in total. The van der Waals surface area contributed by atoms with Crippen molar-refractivity contribution in [3.05, 3.63) is 40.6 Å². The van der Waals surface area contributed by atoms with Crippen LogP contribution in [0.2, 0.25) is 0 Å². The smallest absolute Gasteiger partial charge is 0.357 e. The van der Waals surface area contributed by atoms with Crippen molar-refractivity contribution in [2.45, 2.75) is 0 Å². The van der Waals surface area contributed by atoms with Gasteiger partial charge in [-0.1, -0.05) is 6.07 Å². The number of rotatable bonds is 1. The van der Waals surface area contributed by atoms with E-state index >= 15 is 0 Å². The predicted molar refractivity (Wildman–Crippen MR) is 42.5 cm³/mol. The average Bonchev–Trinajstić information content (AvgIpc) is 2.52. The fraction of sp³-hybridized carbons (Fsp3) is 0. The summed E-state index contributed by atoms with van der Waals surface area (Å²) in [7, 11) is 0. The lowest BCUT2D eigenvalue weighted by atomic mass is 10.2. The lowest BCUT2D eigenvalue weighted by Crippen LogP contribution is -1.99. The van der Waals surface area contributed by atoms with Crippen LogP contribution in [-0.2, 0) is 0 Å². The van der Waals surface area contributed by atoms with Gasteiger partial charge in [-0.05, 0) is 18.2 Å². The highest BCUT2D eigenvalue weighted by molar-refractivity contribution is 5.51. The Morgan fingerprint density at radius 3 is 2.92 bits per heavy atom. The van der Waals surface area contributed by atoms with E-state index in [-0.39, 0.29) is 5.89 Å². The van der Waals surface area contributed by atoms with E-state index in [1.54, 1.807) is 6.07 Å². The van der Waals surface area contributed by atoms with E-state index in [1.807, 2.05) is 5.16 Å². The molecule has 0 bridgehead atoms. The van der Waals surface area contributed by atoms with Gasteiger partial charge >= 0.3 is 5.69 Å². The van der Waals surface area contributed by atoms with Gasteiger partial charge in [-0.25, -0.2) is 9.18 Å². The number of nitrogens with zero attached hydrogens (tertiary/aromatic N) is 1. The Morgan fingerprint density at radius 2 is 2.31 bits per heavy atom. The van der Waals surface area contributed by atoms with E-state index in [0.717, 1.165) is 0 Å². The van der Waals surface area contributed by atoms with Crippen molar-refractivity contribution in [1.29, 1.82) is 0 Å². The molecule has 0 saturated carbocycles. The van der Waals surface area contributed by atoms with Gasteiger partial charge in [0.15, 0.2) is 0 Å². The Bertz CT molecular complexity index is 475. The molecule has 0 radical (unpaired) electrons. The van der Waals surface area contributed by atoms with Crippen molar-refractivity contribution in [3.8, 4) is 11.5 Å². The van der Waals surface area contributed by atoms with E-state index in [0.29, 0.717) is 5.56 Å². The molecule has 1 heterocycles. The van der Waals surface area contributed by atoms with Gasteiger partial charge < -0.3 is 4.52 Å². The van der Waals surface area contributed by atoms with Gasteiger partial charge in [0.2, 0.25) is 0 Å². The molecular weight excluding hydrogens is 175 g/mol. The van der Waals surface area contributed by atoms with Crippen molar-refractivity contribution in [2.24, 2.45) is 0 Å². The second kappa shape index (κ2) is 2.85. The zero-order valence-corrected chi connectivity index (χ0v) is 6.45. The highest BCUT2D eigenvalue weighted by atomic mass is 19.1. The molecular formula is C8H5FN2O2. The molecule has 13 heavy (non-hydrogen) atoms. The Kier molecular flexibility index (Phi) is 1.70. The molecule has 1 aromatic carbocycles. The summed E-state index contributed by atoms with van der Waals surface area (Å²) >= 11 is 0. The molecule has 0 saturated heterocycles. The number of benzene rings is 1. The Balaban J connectivity index is 2.52. The first-order valence-corrected chi connectivity index (χ1v) is 3.57. The standard InChI is InChI=1S/C8H5FN2O2/c9-6-3-1-2-5(4-6)7-10-8(12)11-13-7/h1-4H,(H,11,12). The first kappa shape index (κ1) is 7.72. The quantitative estimate of drug-likeness (QED) is 0.716. The van der Waals surface area contributed by atoms with E-state index < -0.39 is 11.5 Å². The van der Waals surface area contributed by atoms with E-state index in [1.165, 1.54) is 18.2 Å². The number of aromatic amines is 1. The van der Waals surface area contributed by atoms with Crippen LogP contribution in [0.1, 0.15) is 0 Å². The molecule has 0 atom stereocenters. The zero-order chi connectivity index (χ0) is 9.26. The van der Waals surface area contributed by atoms with Gasteiger partial charge in [0.05, 0.1) is 0 Å². The SMILES string of the molecule is O=c1nc(-c2cccc(F)c2)o[nH]1. The average molecular weight is 180 g/mol. The van der Waals surface area contributed by atoms with Crippen LogP contribution < -0.4 is 5.69 Å².